The molecule has 1 aromatic heterocycles. The number of nitrogens with two attached hydrogens (primary N) is 1. The summed E-state index contributed by atoms with van der Waals surface area (Å²) < 4.78 is 40.3. The third kappa shape index (κ3) is 2.05. The van der Waals surface area contributed by atoms with E-state index in [1.165, 1.54) is 17.7 Å². The molecule has 2 N–H and O–H groups in total. The van der Waals surface area contributed by atoms with Gasteiger partial charge in [0.05, 0.1) is 11.3 Å². The molecule has 2 aromatic rings. The first kappa shape index (κ1) is 12.5. The number of alkyl halides is 2. The molecule has 2 rings (SSSR count). The summed E-state index contributed by atoms with van der Waals surface area (Å²) in [6, 6.07) is 4.10. The first-order valence-electron chi connectivity index (χ1n) is 5.28. The fraction of sp³-hybridized carbons (Fsp3) is 0.250. The van der Waals surface area contributed by atoms with Crippen molar-refractivity contribution in [1.82, 2.24) is 9.78 Å². The molecule has 0 atom stereocenters. The Labute approximate surface area is 102 Å². The quantitative estimate of drug-likeness (QED) is 0.896. The van der Waals surface area contributed by atoms with Crippen LogP contribution in [0.2, 0.25) is 0 Å². The maximum atomic E-state index is 13.6. The SMILES string of the molecule is Cc1cc(-c2cc(N)n(C)n2)cc(F)c1C(F)F. The van der Waals surface area contributed by atoms with E-state index in [0.29, 0.717) is 17.1 Å². The normalized spacial score (nSPS) is 11.2. The van der Waals surface area contributed by atoms with Crippen LogP contribution < -0.4 is 5.73 Å². The summed E-state index contributed by atoms with van der Waals surface area (Å²) in [4.78, 5) is 0. The number of nitrogen functional groups attached to an aromatic ring is 1. The minimum Gasteiger partial charge on any atom is -0.384 e. The zero-order valence-electron chi connectivity index (χ0n) is 9.92. The molecule has 1 heterocycles. The van der Waals surface area contributed by atoms with Crippen LogP contribution in [0.5, 0.6) is 0 Å². The number of halogens is 3. The number of nitrogens with zero attached hydrogens (tertiary/aromatic N) is 2. The van der Waals surface area contributed by atoms with Crippen LogP contribution in [-0.4, -0.2) is 9.78 Å². The Morgan fingerprint density at radius 1 is 1.28 bits per heavy atom. The number of aromatic nitrogens is 2. The summed E-state index contributed by atoms with van der Waals surface area (Å²) in [6.45, 7) is 1.44. The summed E-state index contributed by atoms with van der Waals surface area (Å²) in [5.41, 5.74) is 6.14. The number of aryl methyl sites for hydroxylation is 2. The van der Waals surface area contributed by atoms with Crippen molar-refractivity contribution in [3.63, 3.8) is 0 Å². The highest BCUT2D eigenvalue weighted by Crippen LogP contribution is 2.30. The van der Waals surface area contributed by atoms with E-state index in [1.807, 2.05) is 0 Å². The van der Waals surface area contributed by atoms with Crippen molar-refractivity contribution in [3.05, 3.63) is 35.1 Å². The van der Waals surface area contributed by atoms with E-state index >= 15 is 0 Å². The van der Waals surface area contributed by atoms with Gasteiger partial charge in [-0.2, -0.15) is 5.10 Å². The zero-order chi connectivity index (χ0) is 13.4. The average Bonchev–Trinajstić information content (AvgIpc) is 2.57. The Bertz CT molecular complexity index is 548. The van der Waals surface area contributed by atoms with Gasteiger partial charge in [-0.05, 0) is 24.6 Å². The maximum absolute atomic E-state index is 13.6. The standard InChI is InChI=1S/C12H12F3N3/c1-6-3-7(4-8(13)11(6)12(14)15)9-5-10(16)18(2)17-9/h3-5,12H,16H2,1-2H3. The van der Waals surface area contributed by atoms with Gasteiger partial charge in [-0.3, -0.25) is 4.68 Å². The van der Waals surface area contributed by atoms with E-state index in [9.17, 15) is 13.2 Å². The van der Waals surface area contributed by atoms with Gasteiger partial charge >= 0.3 is 0 Å². The Morgan fingerprint density at radius 3 is 2.39 bits per heavy atom. The Kier molecular flexibility index (Phi) is 3.02. The van der Waals surface area contributed by atoms with Crippen molar-refractivity contribution in [2.24, 2.45) is 7.05 Å². The van der Waals surface area contributed by atoms with Gasteiger partial charge < -0.3 is 5.73 Å². The molecule has 6 heteroatoms. The van der Waals surface area contributed by atoms with E-state index in [-0.39, 0.29) is 5.56 Å². The Hall–Kier alpha value is -1.98. The first-order chi connectivity index (χ1) is 8.40. The van der Waals surface area contributed by atoms with Crippen molar-refractivity contribution in [2.75, 3.05) is 5.73 Å². The zero-order valence-corrected chi connectivity index (χ0v) is 9.92. The third-order valence-electron chi connectivity index (χ3n) is 2.77. The molecular formula is C12H12F3N3. The van der Waals surface area contributed by atoms with Crippen LogP contribution in [0.15, 0.2) is 18.2 Å². The van der Waals surface area contributed by atoms with Crippen molar-refractivity contribution < 1.29 is 13.2 Å². The molecule has 0 fully saturated rings. The van der Waals surface area contributed by atoms with Crippen molar-refractivity contribution >= 4 is 5.82 Å². The molecule has 96 valence electrons. The lowest BCUT2D eigenvalue weighted by atomic mass is 10.0. The monoisotopic (exact) mass is 255 g/mol. The second-order valence-electron chi connectivity index (χ2n) is 4.07. The second kappa shape index (κ2) is 4.36. The van der Waals surface area contributed by atoms with E-state index < -0.39 is 17.8 Å². The number of benzene rings is 1. The molecule has 0 amide bonds. The lowest BCUT2D eigenvalue weighted by molar-refractivity contribution is 0.145. The van der Waals surface area contributed by atoms with E-state index in [2.05, 4.69) is 5.10 Å². The van der Waals surface area contributed by atoms with Gasteiger partial charge in [-0.25, -0.2) is 13.2 Å². The number of anilines is 1. The Morgan fingerprint density at radius 2 is 1.94 bits per heavy atom. The molecule has 0 aliphatic heterocycles. The van der Waals surface area contributed by atoms with Crippen LogP contribution >= 0.6 is 0 Å². The highest BCUT2D eigenvalue weighted by atomic mass is 19.3. The highest BCUT2D eigenvalue weighted by molar-refractivity contribution is 5.64. The number of hydrogen-bond acceptors (Lipinski definition) is 2. The highest BCUT2D eigenvalue weighted by Gasteiger charge is 2.18. The van der Waals surface area contributed by atoms with Gasteiger partial charge in [0.25, 0.3) is 6.43 Å². The summed E-state index contributed by atoms with van der Waals surface area (Å²) >= 11 is 0. The molecule has 0 unspecified atom stereocenters. The van der Waals surface area contributed by atoms with Crippen LogP contribution in [0, 0.1) is 12.7 Å². The van der Waals surface area contributed by atoms with Crippen LogP contribution in [0.3, 0.4) is 0 Å². The fourth-order valence-electron chi connectivity index (χ4n) is 1.80. The molecular weight excluding hydrogens is 243 g/mol. The summed E-state index contributed by atoms with van der Waals surface area (Å²) in [6.07, 6.45) is -2.83. The van der Waals surface area contributed by atoms with Gasteiger partial charge in [0, 0.05) is 18.7 Å². The third-order valence-corrected chi connectivity index (χ3v) is 2.77. The van der Waals surface area contributed by atoms with Gasteiger partial charge in [0.2, 0.25) is 0 Å². The molecule has 18 heavy (non-hydrogen) atoms. The summed E-state index contributed by atoms with van der Waals surface area (Å²) in [5.74, 6) is -0.509. The first-order valence-corrected chi connectivity index (χ1v) is 5.28. The lowest BCUT2D eigenvalue weighted by Gasteiger charge is -2.08. The van der Waals surface area contributed by atoms with Crippen LogP contribution in [-0.2, 0) is 7.05 Å². The molecule has 3 nitrogen and oxygen atoms in total. The predicted molar refractivity (Wildman–Crippen MR) is 62.7 cm³/mol. The fourth-order valence-corrected chi connectivity index (χ4v) is 1.80. The molecule has 0 aliphatic carbocycles. The van der Waals surface area contributed by atoms with Crippen LogP contribution in [0.4, 0.5) is 19.0 Å². The van der Waals surface area contributed by atoms with Gasteiger partial charge in [0.15, 0.2) is 0 Å². The molecule has 0 saturated carbocycles. The van der Waals surface area contributed by atoms with E-state index in [4.69, 9.17) is 5.73 Å². The summed E-state index contributed by atoms with van der Waals surface area (Å²) in [7, 11) is 1.65. The largest absolute Gasteiger partial charge is 0.384 e. The van der Waals surface area contributed by atoms with Gasteiger partial charge in [-0.15, -0.1) is 0 Å². The molecule has 0 radical (unpaired) electrons. The van der Waals surface area contributed by atoms with Crippen LogP contribution in [0.1, 0.15) is 17.6 Å². The molecule has 0 spiro atoms. The van der Waals surface area contributed by atoms with Crippen molar-refractivity contribution in [3.8, 4) is 11.3 Å². The molecule has 0 aliphatic rings. The summed E-state index contributed by atoms with van der Waals surface area (Å²) in [5, 5.41) is 4.07. The van der Waals surface area contributed by atoms with Crippen molar-refractivity contribution in [1.29, 1.82) is 0 Å². The average molecular weight is 255 g/mol. The van der Waals surface area contributed by atoms with E-state index in [0.717, 1.165) is 6.07 Å². The van der Waals surface area contributed by atoms with Gasteiger partial charge in [0.1, 0.15) is 11.6 Å². The maximum Gasteiger partial charge on any atom is 0.266 e. The second-order valence-corrected chi connectivity index (χ2v) is 4.07. The minimum atomic E-state index is -2.83. The van der Waals surface area contributed by atoms with Gasteiger partial charge in [-0.1, -0.05) is 0 Å². The van der Waals surface area contributed by atoms with Crippen LogP contribution in [0.25, 0.3) is 11.3 Å². The smallest absolute Gasteiger partial charge is 0.266 e. The molecule has 1 aromatic carbocycles. The molecule has 0 bridgehead atoms. The Balaban J connectivity index is 2.54. The number of rotatable bonds is 2. The molecule has 0 saturated heterocycles. The lowest BCUT2D eigenvalue weighted by Crippen LogP contribution is -1.98. The predicted octanol–water partition coefficient (Wildman–Crippen LogP) is 3.05. The minimum absolute atomic E-state index is 0.198. The topological polar surface area (TPSA) is 43.8 Å². The number of hydrogen-bond donors (Lipinski definition) is 1. The van der Waals surface area contributed by atoms with Crippen molar-refractivity contribution in [2.45, 2.75) is 13.3 Å². The van der Waals surface area contributed by atoms with E-state index in [1.54, 1.807) is 13.1 Å².